The third-order valence-electron chi connectivity index (χ3n) is 4.62. The summed E-state index contributed by atoms with van der Waals surface area (Å²) in [5, 5.41) is 3.37. The zero-order chi connectivity index (χ0) is 19.7. The molecule has 2 amide bonds. The van der Waals surface area contributed by atoms with Gasteiger partial charge in [-0.2, -0.15) is 0 Å². The Balaban J connectivity index is 1.64. The topological polar surface area (TPSA) is 100 Å². The molecule has 1 aliphatic heterocycles. The molecule has 1 fully saturated rings. The number of urea groups is 1. The van der Waals surface area contributed by atoms with E-state index in [4.69, 9.17) is 16.3 Å². The van der Waals surface area contributed by atoms with E-state index in [9.17, 15) is 9.59 Å². The van der Waals surface area contributed by atoms with Crippen molar-refractivity contribution in [3.8, 4) is 11.4 Å². The normalized spacial score (nSPS) is 13.7. The van der Waals surface area contributed by atoms with Gasteiger partial charge in [0.1, 0.15) is 5.82 Å². The number of rotatable bonds is 3. The van der Waals surface area contributed by atoms with Crippen LogP contribution < -0.4 is 5.32 Å². The third-order valence-corrected chi connectivity index (χ3v) is 4.95. The highest BCUT2D eigenvalue weighted by Gasteiger charge is 2.19. The molecule has 8 nitrogen and oxygen atoms in total. The molecule has 0 saturated carbocycles. The maximum absolute atomic E-state index is 12.3. The van der Waals surface area contributed by atoms with Gasteiger partial charge in [-0.15, -0.1) is 0 Å². The standard InChI is InChI=1S/C19H18ClN5O3/c1-28-18(26)11-8-15-17(21-10-11)24-16(23-15)13-9-12(4-5-14(13)20)22-19(27)25-6-2-3-7-25/h4-5,8-10H,2-3,6-7H2,1H3,(H,22,27)(H,21,23,24). The van der Waals surface area contributed by atoms with Gasteiger partial charge in [-0.05, 0) is 37.1 Å². The molecule has 3 heterocycles. The van der Waals surface area contributed by atoms with E-state index in [1.54, 1.807) is 29.2 Å². The number of hydrogen-bond acceptors (Lipinski definition) is 5. The number of carbonyl (C=O) groups is 2. The molecule has 28 heavy (non-hydrogen) atoms. The van der Waals surface area contributed by atoms with Gasteiger partial charge in [0, 0.05) is 30.5 Å². The van der Waals surface area contributed by atoms with E-state index < -0.39 is 5.97 Å². The molecule has 2 aromatic heterocycles. The third kappa shape index (κ3) is 3.50. The molecule has 0 radical (unpaired) electrons. The number of pyridine rings is 1. The van der Waals surface area contributed by atoms with Gasteiger partial charge in [0.15, 0.2) is 5.65 Å². The van der Waals surface area contributed by atoms with Crippen LogP contribution >= 0.6 is 11.6 Å². The highest BCUT2D eigenvalue weighted by Crippen LogP contribution is 2.30. The number of aromatic amines is 1. The van der Waals surface area contributed by atoms with Gasteiger partial charge < -0.3 is 19.9 Å². The van der Waals surface area contributed by atoms with Crippen LogP contribution in [0.4, 0.5) is 10.5 Å². The number of esters is 1. The van der Waals surface area contributed by atoms with Gasteiger partial charge in [0.25, 0.3) is 0 Å². The maximum atomic E-state index is 12.3. The number of nitrogens with one attached hydrogen (secondary N) is 2. The van der Waals surface area contributed by atoms with Gasteiger partial charge in [-0.3, -0.25) is 0 Å². The molecule has 4 rings (SSSR count). The Hall–Kier alpha value is -3.13. The Morgan fingerprint density at radius 3 is 2.79 bits per heavy atom. The first kappa shape index (κ1) is 18.2. The first-order chi connectivity index (χ1) is 13.5. The molecule has 0 atom stereocenters. The van der Waals surface area contributed by atoms with Crippen LogP contribution in [0.3, 0.4) is 0 Å². The minimum atomic E-state index is -0.477. The number of halogens is 1. The maximum Gasteiger partial charge on any atom is 0.339 e. The number of hydrogen-bond donors (Lipinski definition) is 2. The van der Waals surface area contributed by atoms with E-state index >= 15 is 0 Å². The van der Waals surface area contributed by atoms with Crippen molar-refractivity contribution >= 4 is 40.5 Å². The summed E-state index contributed by atoms with van der Waals surface area (Å²) in [6.45, 7) is 1.54. The van der Waals surface area contributed by atoms with Gasteiger partial charge in [-0.25, -0.2) is 19.6 Å². The number of H-pyrrole nitrogens is 1. The number of ether oxygens (including phenoxy) is 1. The second kappa shape index (κ2) is 7.47. The van der Waals surface area contributed by atoms with Crippen molar-refractivity contribution in [2.75, 3.05) is 25.5 Å². The summed E-state index contributed by atoms with van der Waals surface area (Å²) < 4.78 is 4.71. The molecular formula is C19H18ClN5O3. The molecule has 144 valence electrons. The zero-order valence-corrected chi connectivity index (χ0v) is 15.9. The zero-order valence-electron chi connectivity index (χ0n) is 15.2. The van der Waals surface area contributed by atoms with Crippen LogP contribution in [-0.4, -0.2) is 52.1 Å². The Morgan fingerprint density at radius 2 is 2.04 bits per heavy atom. The average molecular weight is 400 g/mol. The van der Waals surface area contributed by atoms with Gasteiger partial charge in [0.05, 0.1) is 23.2 Å². The highest BCUT2D eigenvalue weighted by molar-refractivity contribution is 6.33. The number of fused-ring (bicyclic) bond motifs is 1. The molecule has 0 spiro atoms. The minimum absolute atomic E-state index is 0.125. The number of amides is 2. The van der Waals surface area contributed by atoms with Crippen molar-refractivity contribution in [3.63, 3.8) is 0 Å². The Labute approximate surface area is 165 Å². The van der Waals surface area contributed by atoms with E-state index in [0.717, 1.165) is 25.9 Å². The molecule has 0 aliphatic carbocycles. The number of likely N-dealkylation sites (tertiary alicyclic amines) is 1. The first-order valence-corrected chi connectivity index (χ1v) is 9.23. The fourth-order valence-electron chi connectivity index (χ4n) is 3.16. The summed E-state index contributed by atoms with van der Waals surface area (Å²) in [5.41, 5.74) is 2.60. The molecule has 9 heteroatoms. The average Bonchev–Trinajstić information content (AvgIpc) is 3.38. The van der Waals surface area contributed by atoms with Crippen molar-refractivity contribution in [1.29, 1.82) is 0 Å². The van der Waals surface area contributed by atoms with E-state index in [2.05, 4.69) is 20.3 Å². The highest BCUT2D eigenvalue weighted by atomic mass is 35.5. The van der Waals surface area contributed by atoms with Crippen molar-refractivity contribution in [2.45, 2.75) is 12.8 Å². The molecule has 1 saturated heterocycles. The minimum Gasteiger partial charge on any atom is -0.465 e. The summed E-state index contributed by atoms with van der Waals surface area (Å²) in [6, 6.07) is 6.71. The van der Waals surface area contributed by atoms with Crippen LogP contribution in [0.15, 0.2) is 30.5 Å². The molecule has 0 bridgehead atoms. The van der Waals surface area contributed by atoms with Crippen LogP contribution in [0.1, 0.15) is 23.2 Å². The summed E-state index contributed by atoms with van der Waals surface area (Å²) in [4.78, 5) is 37.5. The first-order valence-electron chi connectivity index (χ1n) is 8.85. The van der Waals surface area contributed by atoms with E-state index in [1.807, 2.05) is 0 Å². The number of benzene rings is 1. The van der Waals surface area contributed by atoms with Crippen LogP contribution in [0, 0.1) is 0 Å². The van der Waals surface area contributed by atoms with Crippen LogP contribution in [0.2, 0.25) is 5.02 Å². The quantitative estimate of drug-likeness (QED) is 0.654. The van der Waals surface area contributed by atoms with E-state index in [-0.39, 0.29) is 6.03 Å². The molecule has 1 aromatic carbocycles. The predicted molar refractivity (Wildman–Crippen MR) is 105 cm³/mol. The smallest absolute Gasteiger partial charge is 0.339 e. The molecule has 3 aromatic rings. The number of carbonyl (C=O) groups excluding carboxylic acids is 2. The molecule has 2 N–H and O–H groups in total. The SMILES string of the molecule is COC(=O)c1cnc2nc(-c3cc(NC(=O)N4CCCC4)ccc3Cl)[nH]c2c1. The van der Waals surface area contributed by atoms with Gasteiger partial charge in [0.2, 0.25) is 0 Å². The van der Waals surface area contributed by atoms with Crippen molar-refractivity contribution in [1.82, 2.24) is 19.9 Å². The molecule has 1 aliphatic rings. The second-order valence-corrected chi connectivity index (χ2v) is 6.90. The number of methoxy groups -OCH3 is 1. The Kier molecular flexibility index (Phi) is 4.87. The summed E-state index contributed by atoms with van der Waals surface area (Å²) in [5.74, 6) is 0.0157. The second-order valence-electron chi connectivity index (χ2n) is 6.49. The summed E-state index contributed by atoms with van der Waals surface area (Å²) in [7, 11) is 1.31. The molecule has 0 unspecified atom stereocenters. The van der Waals surface area contributed by atoms with Crippen LogP contribution in [-0.2, 0) is 4.74 Å². The lowest BCUT2D eigenvalue weighted by Gasteiger charge is -2.16. The Bertz CT molecular complexity index is 1060. The fraction of sp³-hybridized carbons (Fsp3) is 0.263. The predicted octanol–water partition coefficient (Wildman–Crippen LogP) is 3.69. The Morgan fingerprint density at radius 1 is 1.25 bits per heavy atom. The number of anilines is 1. The monoisotopic (exact) mass is 399 g/mol. The molecular weight excluding hydrogens is 382 g/mol. The lowest BCUT2D eigenvalue weighted by Crippen LogP contribution is -2.32. The van der Waals surface area contributed by atoms with Crippen molar-refractivity contribution in [2.24, 2.45) is 0 Å². The number of imidazole rings is 1. The summed E-state index contributed by atoms with van der Waals surface area (Å²) in [6.07, 6.45) is 3.46. The number of aromatic nitrogens is 3. The largest absolute Gasteiger partial charge is 0.465 e. The van der Waals surface area contributed by atoms with E-state index in [1.165, 1.54) is 13.3 Å². The van der Waals surface area contributed by atoms with Crippen molar-refractivity contribution < 1.29 is 14.3 Å². The number of nitrogens with zero attached hydrogens (tertiary/aromatic N) is 3. The van der Waals surface area contributed by atoms with Crippen LogP contribution in [0.5, 0.6) is 0 Å². The van der Waals surface area contributed by atoms with Gasteiger partial charge >= 0.3 is 12.0 Å². The lowest BCUT2D eigenvalue weighted by molar-refractivity contribution is 0.0600. The fourth-order valence-corrected chi connectivity index (χ4v) is 3.37. The lowest BCUT2D eigenvalue weighted by atomic mass is 10.2. The van der Waals surface area contributed by atoms with E-state index in [0.29, 0.717) is 38.8 Å². The van der Waals surface area contributed by atoms with Crippen molar-refractivity contribution in [3.05, 3.63) is 41.0 Å². The van der Waals surface area contributed by atoms with Gasteiger partial charge in [-0.1, -0.05) is 11.6 Å². The van der Waals surface area contributed by atoms with Crippen LogP contribution in [0.25, 0.3) is 22.6 Å². The summed E-state index contributed by atoms with van der Waals surface area (Å²) >= 11 is 6.35.